The number of hydrogen-bond acceptors (Lipinski definition) is 5. The Kier molecular flexibility index (Phi) is 7.70. The van der Waals surface area contributed by atoms with Crippen LogP contribution in [0.15, 0.2) is 0 Å². The van der Waals surface area contributed by atoms with Crippen molar-refractivity contribution in [3.05, 3.63) is 0 Å². The van der Waals surface area contributed by atoms with Crippen molar-refractivity contribution in [2.75, 3.05) is 26.2 Å². The summed E-state index contributed by atoms with van der Waals surface area (Å²) in [5, 5.41) is 1.94. The molecule has 0 heterocycles. The van der Waals surface area contributed by atoms with E-state index in [1.807, 2.05) is 12.2 Å². The highest BCUT2D eigenvalue weighted by atomic mass is 16.5. The van der Waals surface area contributed by atoms with E-state index in [-0.39, 0.29) is 13.1 Å². The molecule has 98 valence electrons. The van der Waals surface area contributed by atoms with Gasteiger partial charge in [-0.15, -0.1) is 0 Å². The molecule has 0 saturated carbocycles. The molecular formula is C10H19N3O4. The maximum Gasteiger partial charge on any atom is 0.320 e. The van der Waals surface area contributed by atoms with Crippen molar-refractivity contribution in [2.24, 2.45) is 5.73 Å². The van der Waals surface area contributed by atoms with Crippen LogP contribution in [-0.4, -0.2) is 49.0 Å². The molecule has 3 N–H and O–H groups in total. The summed E-state index contributed by atoms with van der Waals surface area (Å²) in [6, 6.07) is -0.900. The predicted octanol–water partition coefficient (Wildman–Crippen LogP) is -0.544. The fourth-order valence-corrected chi connectivity index (χ4v) is 1.30. The summed E-state index contributed by atoms with van der Waals surface area (Å²) in [6.45, 7) is 4.45. The van der Waals surface area contributed by atoms with Gasteiger partial charge >= 0.3 is 12.0 Å². The van der Waals surface area contributed by atoms with Gasteiger partial charge in [-0.2, -0.15) is 0 Å². The third kappa shape index (κ3) is 8.21. The Labute approximate surface area is 100 Å². The van der Waals surface area contributed by atoms with E-state index in [2.05, 4.69) is 0 Å². The number of urea groups is 1. The van der Waals surface area contributed by atoms with Crippen LogP contribution in [0, 0.1) is 0 Å². The van der Waals surface area contributed by atoms with Gasteiger partial charge in [-0.1, -0.05) is 6.92 Å². The fourth-order valence-electron chi connectivity index (χ4n) is 1.30. The number of imide groups is 1. The Balaban J connectivity index is 4.17. The summed E-state index contributed by atoms with van der Waals surface area (Å²) in [6.07, 6.45) is 0.781. The average molecular weight is 245 g/mol. The summed E-state index contributed by atoms with van der Waals surface area (Å²) < 4.78 is 4.78. The zero-order chi connectivity index (χ0) is 13.3. The van der Waals surface area contributed by atoms with E-state index in [9.17, 15) is 14.4 Å². The molecule has 0 aromatic heterocycles. The van der Waals surface area contributed by atoms with E-state index in [1.165, 1.54) is 0 Å². The average Bonchev–Trinajstić information content (AvgIpc) is 2.16. The maximum atomic E-state index is 11.3. The van der Waals surface area contributed by atoms with E-state index in [0.29, 0.717) is 13.2 Å². The third-order valence-electron chi connectivity index (χ3n) is 1.83. The summed E-state index contributed by atoms with van der Waals surface area (Å²) in [7, 11) is 0. The molecule has 0 aliphatic heterocycles. The molecule has 0 atom stereocenters. The summed E-state index contributed by atoms with van der Waals surface area (Å²) >= 11 is 0. The highest BCUT2D eigenvalue weighted by molar-refractivity contribution is 5.94. The van der Waals surface area contributed by atoms with Gasteiger partial charge in [0.25, 0.3) is 0 Å². The maximum absolute atomic E-state index is 11.3. The van der Waals surface area contributed by atoms with Crippen LogP contribution in [-0.2, 0) is 14.3 Å². The van der Waals surface area contributed by atoms with E-state index in [1.54, 1.807) is 11.8 Å². The molecule has 0 fully saturated rings. The lowest BCUT2D eigenvalue weighted by Gasteiger charge is -2.19. The minimum atomic E-state index is -0.900. The van der Waals surface area contributed by atoms with Crippen LogP contribution in [0.3, 0.4) is 0 Å². The van der Waals surface area contributed by atoms with Gasteiger partial charge in [-0.25, -0.2) is 4.79 Å². The fraction of sp³-hybridized carbons (Fsp3) is 0.700. The number of hydrogen-bond donors (Lipinski definition) is 2. The topological polar surface area (TPSA) is 102 Å². The second-order valence-electron chi connectivity index (χ2n) is 3.43. The summed E-state index contributed by atoms with van der Waals surface area (Å²) in [4.78, 5) is 34.6. The molecule has 0 aromatic rings. The quantitative estimate of drug-likeness (QED) is 0.586. The van der Waals surface area contributed by atoms with Crippen LogP contribution in [0.4, 0.5) is 4.79 Å². The van der Waals surface area contributed by atoms with Crippen LogP contribution >= 0.6 is 0 Å². The molecule has 7 nitrogen and oxygen atoms in total. The number of esters is 1. The van der Waals surface area contributed by atoms with Gasteiger partial charge in [-0.05, 0) is 19.9 Å². The van der Waals surface area contributed by atoms with Gasteiger partial charge in [-0.3, -0.25) is 19.8 Å². The molecular weight excluding hydrogens is 226 g/mol. The van der Waals surface area contributed by atoms with Gasteiger partial charge in [0.2, 0.25) is 5.91 Å². The van der Waals surface area contributed by atoms with Crippen molar-refractivity contribution in [1.29, 1.82) is 0 Å². The predicted molar refractivity (Wildman–Crippen MR) is 61.1 cm³/mol. The van der Waals surface area contributed by atoms with Crippen molar-refractivity contribution in [3.63, 3.8) is 0 Å². The SMILES string of the molecule is CCCN(CC(=O)NC(N)=O)CC(=O)OCC. The first-order chi connectivity index (χ1) is 7.99. The van der Waals surface area contributed by atoms with Crippen LogP contribution in [0.2, 0.25) is 0 Å². The van der Waals surface area contributed by atoms with E-state index in [0.717, 1.165) is 6.42 Å². The second kappa shape index (κ2) is 8.51. The Bertz CT molecular complexity index is 281. The normalized spacial score (nSPS) is 10.1. The Hall–Kier alpha value is -1.63. The van der Waals surface area contributed by atoms with Gasteiger partial charge in [0.15, 0.2) is 0 Å². The minimum Gasteiger partial charge on any atom is -0.465 e. The first-order valence-corrected chi connectivity index (χ1v) is 5.46. The largest absolute Gasteiger partial charge is 0.465 e. The van der Waals surface area contributed by atoms with Crippen molar-refractivity contribution in [3.8, 4) is 0 Å². The summed E-state index contributed by atoms with van der Waals surface area (Å²) in [5.41, 5.74) is 4.81. The number of rotatable bonds is 7. The molecule has 3 amide bonds. The number of nitrogens with zero attached hydrogens (tertiary/aromatic N) is 1. The number of ether oxygens (including phenoxy) is 1. The molecule has 0 aromatic carbocycles. The molecule has 0 unspecified atom stereocenters. The Morgan fingerprint density at radius 1 is 1.24 bits per heavy atom. The Morgan fingerprint density at radius 3 is 2.35 bits per heavy atom. The zero-order valence-electron chi connectivity index (χ0n) is 10.2. The van der Waals surface area contributed by atoms with Gasteiger partial charge in [0.1, 0.15) is 0 Å². The second-order valence-corrected chi connectivity index (χ2v) is 3.43. The third-order valence-corrected chi connectivity index (χ3v) is 1.83. The number of carbonyl (C=O) groups is 3. The molecule has 7 heteroatoms. The monoisotopic (exact) mass is 245 g/mol. The molecule has 0 radical (unpaired) electrons. The van der Waals surface area contributed by atoms with E-state index >= 15 is 0 Å². The lowest BCUT2D eigenvalue weighted by Crippen LogP contribution is -2.44. The van der Waals surface area contributed by atoms with Crippen LogP contribution in [0.1, 0.15) is 20.3 Å². The molecule has 0 saturated heterocycles. The summed E-state index contributed by atoms with van der Waals surface area (Å²) in [5.74, 6) is -0.928. The molecule has 17 heavy (non-hydrogen) atoms. The van der Waals surface area contributed by atoms with Gasteiger partial charge in [0.05, 0.1) is 19.7 Å². The smallest absolute Gasteiger partial charge is 0.320 e. The number of nitrogens with two attached hydrogens (primary N) is 1. The van der Waals surface area contributed by atoms with E-state index < -0.39 is 17.9 Å². The van der Waals surface area contributed by atoms with Crippen LogP contribution < -0.4 is 11.1 Å². The highest BCUT2D eigenvalue weighted by Crippen LogP contribution is 1.93. The first kappa shape index (κ1) is 15.4. The minimum absolute atomic E-state index is 0.0217. The van der Waals surface area contributed by atoms with Crippen molar-refractivity contribution in [1.82, 2.24) is 10.2 Å². The molecule has 0 spiro atoms. The number of primary amides is 1. The molecule has 0 rings (SSSR count). The Morgan fingerprint density at radius 2 is 1.88 bits per heavy atom. The standard InChI is InChI=1S/C10H19N3O4/c1-3-5-13(7-9(15)17-4-2)6-8(14)12-10(11)16/h3-7H2,1-2H3,(H3,11,12,14,16). The zero-order valence-corrected chi connectivity index (χ0v) is 10.2. The van der Waals surface area contributed by atoms with Crippen molar-refractivity contribution in [2.45, 2.75) is 20.3 Å². The van der Waals surface area contributed by atoms with Crippen molar-refractivity contribution >= 4 is 17.9 Å². The molecule has 0 aliphatic carbocycles. The number of amides is 3. The number of nitrogens with one attached hydrogen (secondary N) is 1. The molecule has 0 aliphatic rings. The van der Waals surface area contributed by atoms with Crippen LogP contribution in [0.5, 0.6) is 0 Å². The van der Waals surface area contributed by atoms with Gasteiger partial charge < -0.3 is 10.5 Å². The van der Waals surface area contributed by atoms with E-state index in [4.69, 9.17) is 10.5 Å². The lowest BCUT2D eigenvalue weighted by molar-refractivity contribution is -0.144. The molecule has 0 bridgehead atoms. The lowest BCUT2D eigenvalue weighted by atomic mass is 10.4. The highest BCUT2D eigenvalue weighted by Gasteiger charge is 2.15. The first-order valence-electron chi connectivity index (χ1n) is 5.46. The number of carbonyl (C=O) groups excluding carboxylic acids is 3. The van der Waals surface area contributed by atoms with Gasteiger partial charge in [0, 0.05) is 0 Å². The van der Waals surface area contributed by atoms with Crippen molar-refractivity contribution < 1.29 is 19.1 Å². The van der Waals surface area contributed by atoms with Crippen LogP contribution in [0.25, 0.3) is 0 Å².